The number of amides is 1. The van der Waals surface area contributed by atoms with Gasteiger partial charge in [-0.3, -0.25) is 14.2 Å². The van der Waals surface area contributed by atoms with E-state index in [-0.39, 0.29) is 24.9 Å². The summed E-state index contributed by atoms with van der Waals surface area (Å²) in [7, 11) is 1.52. The molecule has 2 N–H and O–H groups in total. The summed E-state index contributed by atoms with van der Waals surface area (Å²) < 4.78 is 6.17. The molecule has 2 rings (SSSR count). The molecule has 1 aromatic heterocycles. The van der Waals surface area contributed by atoms with Crippen molar-refractivity contribution in [2.75, 3.05) is 25.6 Å². The third-order valence-electron chi connectivity index (χ3n) is 3.45. The lowest BCUT2D eigenvalue weighted by atomic mass is 10.1. The fraction of sp³-hybridized carbons (Fsp3) is 0.467. The smallest absolute Gasteiger partial charge is 0.351 e. The van der Waals surface area contributed by atoms with Crippen LogP contribution in [0.15, 0.2) is 28.7 Å². The summed E-state index contributed by atoms with van der Waals surface area (Å²) >= 11 is 0. The monoisotopic (exact) mass is 352 g/mol. The molecule has 0 saturated carbocycles. The van der Waals surface area contributed by atoms with Crippen LogP contribution in [0.4, 0.5) is 5.82 Å². The number of carbonyl (C=O) groups is 2. The van der Waals surface area contributed by atoms with Crippen LogP contribution in [0.2, 0.25) is 0 Å². The molecule has 10 nitrogen and oxygen atoms in total. The molecule has 2 heterocycles. The van der Waals surface area contributed by atoms with E-state index < -0.39 is 23.9 Å². The highest BCUT2D eigenvalue weighted by molar-refractivity contribution is 5.87. The number of carbonyl (C=O) groups excluding carboxylic acids is 2. The Morgan fingerprint density at radius 2 is 2.24 bits per heavy atom. The maximum absolute atomic E-state index is 12.3. The molecule has 0 aliphatic carbocycles. The van der Waals surface area contributed by atoms with Gasteiger partial charge in [0.25, 0.3) is 0 Å². The molecule has 0 aromatic carbocycles. The molecule has 1 aromatic rings. The fourth-order valence-corrected chi connectivity index (χ4v) is 2.50. The van der Waals surface area contributed by atoms with Gasteiger partial charge >= 0.3 is 11.7 Å². The molecule has 1 saturated heterocycles. The molecular formula is C15H20N4O6. The van der Waals surface area contributed by atoms with E-state index in [9.17, 15) is 19.5 Å². The zero-order chi connectivity index (χ0) is 18.6. The number of aromatic nitrogens is 2. The second-order valence-corrected chi connectivity index (χ2v) is 5.23. The lowest BCUT2D eigenvalue weighted by Gasteiger charge is -2.15. The number of ether oxygens (including phenoxy) is 1. The van der Waals surface area contributed by atoms with Crippen molar-refractivity contribution in [2.45, 2.75) is 26.1 Å². The van der Waals surface area contributed by atoms with E-state index >= 15 is 0 Å². The zero-order valence-corrected chi connectivity index (χ0v) is 14.1. The molecule has 0 radical (unpaired) electrons. The lowest BCUT2D eigenvalue weighted by Crippen LogP contribution is -2.35. The van der Waals surface area contributed by atoms with Gasteiger partial charge in [0, 0.05) is 25.7 Å². The van der Waals surface area contributed by atoms with Gasteiger partial charge in [0.05, 0.1) is 13.2 Å². The highest BCUT2D eigenvalue weighted by atomic mass is 16.7. The number of anilines is 1. The summed E-state index contributed by atoms with van der Waals surface area (Å²) in [5.74, 6) is -0.803. The van der Waals surface area contributed by atoms with Gasteiger partial charge in [-0.2, -0.15) is 10.0 Å². The summed E-state index contributed by atoms with van der Waals surface area (Å²) in [6.45, 7) is 2.82. The van der Waals surface area contributed by atoms with E-state index in [4.69, 9.17) is 9.57 Å². The van der Waals surface area contributed by atoms with Crippen molar-refractivity contribution in [1.29, 1.82) is 0 Å². The van der Waals surface area contributed by atoms with Crippen LogP contribution in [0.25, 0.3) is 0 Å². The Kier molecular flexibility index (Phi) is 6.02. The van der Waals surface area contributed by atoms with Gasteiger partial charge in [0.1, 0.15) is 5.82 Å². The minimum Gasteiger partial charge on any atom is -0.465 e. The van der Waals surface area contributed by atoms with Gasteiger partial charge in [-0.25, -0.2) is 9.59 Å². The Labute approximate surface area is 143 Å². The van der Waals surface area contributed by atoms with Crippen LogP contribution < -0.4 is 11.0 Å². The largest absolute Gasteiger partial charge is 0.465 e. The molecule has 1 aliphatic heterocycles. The van der Waals surface area contributed by atoms with Gasteiger partial charge in [-0.1, -0.05) is 6.08 Å². The molecular weight excluding hydrogens is 332 g/mol. The Hall–Kier alpha value is -2.56. The van der Waals surface area contributed by atoms with Crippen LogP contribution in [-0.2, 0) is 19.2 Å². The van der Waals surface area contributed by atoms with Crippen LogP contribution >= 0.6 is 0 Å². The molecule has 136 valence electrons. The van der Waals surface area contributed by atoms with Crippen molar-refractivity contribution in [3.8, 4) is 0 Å². The van der Waals surface area contributed by atoms with E-state index in [1.807, 2.05) is 0 Å². The van der Waals surface area contributed by atoms with Crippen molar-refractivity contribution in [1.82, 2.24) is 14.6 Å². The van der Waals surface area contributed by atoms with Crippen molar-refractivity contribution < 1.29 is 24.3 Å². The van der Waals surface area contributed by atoms with E-state index in [1.54, 1.807) is 6.92 Å². The summed E-state index contributed by atoms with van der Waals surface area (Å²) in [5, 5.41) is 12.9. The lowest BCUT2D eigenvalue weighted by molar-refractivity contribution is -0.182. The zero-order valence-electron chi connectivity index (χ0n) is 14.1. The Balaban J connectivity index is 2.38. The number of likely N-dealkylation sites (N-methyl/N-ethyl adjacent to an activating group) is 1. The van der Waals surface area contributed by atoms with Crippen LogP contribution in [0.3, 0.4) is 0 Å². The van der Waals surface area contributed by atoms with Crippen LogP contribution in [0.1, 0.15) is 20.1 Å². The van der Waals surface area contributed by atoms with Crippen LogP contribution in [-0.4, -0.2) is 57.9 Å². The number of hydrogen-bond donors (Lipinski definition) is 2. The van der Waals surface area contributed by atoms with Gasteiger partial charge in [-0.05, 0) is 13.0 Å². The first kappa shape index (κ1) is 18.8. The summed E-state index contributed by atoms with van der Waals surface area (Å²) in [6, 6.07) is 0.541. The minimum atomic E-state index is -0.960. The van der Waals surface area contributed by atoms with E-state index in [1.165, 1.54) is 37.4 Å². The Bertz CT molecular complexity index is 744. The second-order valence-electron chi connectivity index (χ2n) is 5.23. The van der Waals surface area contributed by atoms with Gasteiger partial charge in [0.2, 0.25) is 5.91 Å². The number of aliphatic hydroxyl groups is 1. The molecule has 10 heteroatoms. The Morgan fingerprint density at radius 1 is 1.52 bits per heavy atom. The SMILES string of the molecule is CCOC(=O)[C@H]1/C(=C/CO)[C@H](n2ccc(NC(C)=O)nc2=O)ON1C. The predicted octanol–water partition coefficient (Wildman–Crippen LogP) is -0.572. The van der Waals surface area contributed by atoms with Crippen LogP contribution in [0, 0.1) is 0 Å². The number of hydrogen-bond acceptors (Lipinski definition) is 8. The molecule has 1 fully saturated rings. The fourth-order valence-electron chi connectivity index (χ4n) is 2.50. The Morgan fingerprint density at radius 3 is 2.80 bits per heavy atom. The first-order valence-corrected chi connectivity index (χ1v) is 7.62. The number of nitrogens with zero attached hydrogens (tertiary/aromatic N) is 3. The minimum absolute atomic E-state index is 0.106. The number of rotatable bonds is 5. The quantitative estimate of drug-likeness (QED) is 0.533. The summed E-state index contributed by atoms with van der Waals surface area (Å²) in [4.78, 5) is 44.8. The molecule has 0 spiro atoms. The average molecular weight is 352 g/mol. The summed E-state index contributed by atoms with van der Waals surface area (Å²) in [5.41, 5.74) is -0.322. The van der Waals surface area contributed by atoms with E-state index in [0.29, 0.717) is 5.57 Å². The second kappa shape index (κ2) is 8.01. The van der Waals surface area contributed by atoms with Gasteiger partial charge in [-0.15, -0.1) is 0 Å². The maximum Gasteiger partial charge on any atom is 0.351 e. The first-order valence-electron chi connectivity index (χ1n) is 7.62. The molecule has 1 amide bonds. The van der Waals surface area contributed by atoms with Gasteiger partial charge < -0.3 is 15.2 Å². The van der Waals surface area contributed by atoms with Crippen molar-refractivity contribution in [3.63, 3.8) is 0 Å². The third-order valence-corrected chi connectivity index (χ3v) is 3.45. The molecule has 0 bridgehead atoms. The average Bonchev–Trinajstić information content (AvgIpc) is 2.84. The number of hydroxylamine groups is 2. The van der Waals surface area contributed by atoms with Gasteiger partial charge in [0.15, 0.2) is 12.3 Å². The number of nitrogens with one attached hydrogen (secondary N) is 1. The standard InChI is InChI=1S/C15H20N4O6/c1-4-24-14(22)12-10(6-8-20)13(25-18(12)3)19-7-5-11(16-9(2)21)17-15(19)23/h5-7,12-13,20H,4,8H2,1-3H3,(H,16,17,21,23)/b10-6-/t12-,13-/m1/s1. The van der Waals surface area contributed by atoms with E-state index in [0.717, 1.165) is 4.57 Å². The third kappa shape index (κ3) is 4.10. The predicted molar refractivity (Wildman–Crippen MR) is 86.3 cm³/mol. The van der Waals surface area contributed by atoms with Crippen molar-refractivity contribution in [2.24, 2.45) is 0 Å². The normalized spacial score (nSPS) is 22.2. The molecule has 2 atom stereocenters. The van der Waals surface area contributed by atoms with Crippen molar-refractivity contribution >= 4 is 17.7 Å². The van der Waals surface area contributed by atoms with Crippen LogP contribution in [0.5, 0.6) is 0 Å². The number of aliphatic hydroxyl groups excluding tert-OH is 1. The molecule has 25 heavy (non-hydrogen) atoms. The topological polar surface area (TPSA) is 123 Å². The number of esters is 1. The molecule has 1 aliphatic rings. The highest BCUT2D eigenvalue weighted by Gasteiger charge is 2.43. The summed E-state index contributed by atoms with van der Waals surface area (Å²) in [6.07, 6.45) is 1.82. The first-order chi connectivity index (χ1) is 11.9. The maximum atomic E-state index is 12.3. The van der Waals surface area contributed by atoms with Crippen molar-refractivity contribution in [3.05, 3.63) is 34.4 Å². The van der Waals surface area contributed by atoms with E-state index in [2.05, 4.69) is 10.3 Å². The molecule has 0 unspecified atom stereocenters. The highest BCUT2D eigenvalue weighted by Crippen LogP contribution is 2.33.